The van der Waals surface area contributed by atoms with E-state index in [1.165, 1.54) is 6.42 Å². The Hall–Kier alpha value is -1.52. The average Bonchev–Trinajstić information content (AvgIpc) is 2.53. The highest BCUT2D eigenvalue weighted by Crippen LogP contribution is 2.19. The fourth-order valence-electron chi connectivity index (χ4n) is 1.79. The molecule has 0 unspecified atom stereocenters. The smallest absolute Gasteiger partial charge is 0.269 e. The molecule has 0 saturated heterocycles. The number of anilines is 1. The van der Waals surface area contributed by atoms with Gasteiger partial charge in [0.1, 0.15) is 11.5 Å². The van der Waals surface area contributed by atoms with Crippen molar-refractivity contribution in [3.8, 4) is 0 Å². The number of hydrogen-bond donors (Lipinski definition) is 2. The largest absolute Gasteiger partial charge is 0.382 e. The van der Waals surface area contributed by atoms with Crippen molar-refractivity contribution in [2.75, 3.05) is 5.73 Å². The van der Waals surface area contributed by atoms with Crippen LogP contribution in [0.15, 0.2) is 6.07 Å². The van der Waals surface area contributed by atoms with Crippen LogP contribution >= 0.6 is 0 Å². The summed E-state index contributed by atoms with van der Waals surface area (Å²) in [5.41, 5.74) is 6.18. The second-order valence-electron chi connectivity index (χ2n) is 4.59. The number of carbonyl (C=O) groups excluding carboxylic acids is 1. The molecular formula is C11H18N4O. The zero-order chi connectivity index (χ0) is 11.7. The molecule has 88 valence electrons. The number of aromatic nitrogens is 2. The molecule has 1 aliphatic rings. The first-order valence-electron chi connectivity index (χ1n) is 5.74. The van der Waals surface area contributed by atoms with E-state index in [0.717, 1.165) is 12.8 Å². The Labute approximate surface area is 95.0 Å². The Morgan fingerprint density at radius 3 is 2.81 bits per heavy atom. The highest BCUT2D eigenvalue weighted by molar-refractivity contribution is 5.93. The van der Waals surface area contributed by atoms with Gasteiger partial charge in [-0.05, 0) is 33.1 Å². The summed E-state index contributed by atoms with van der Waals surface area (Å²) in [5.74, 6) is 0.329. The third-order valence-corrected chi connectivity index (χ3v) is 2.92. The van der Waals surface area contributed by atoms with Gasteiger partial charge in [-0.25, -0.2) is 0 Å². The van der Waals surface area contributed by atoms with E-state index in [2.05, 4.69) is 10.4 Å². The molecule has 1 aliphatic carbocycles. The number of carbonyl (C=O) groups is 1. The molecular weight excluding hydrogens is 204 g/mol. The maximum atomic E-state index is 12.0. The van der Waals surface area contributed by atoms with Gasteiger partial charge in [-0.1, -0.05) is 0 Å². The second-order valence-corrected chi connectivity index (χ2v) is 4.59. The molecule has 0 aliphatic heterocycles. The van der Waals surface area contributed by atoms with Gasteiger partial charge in [0.15, 0.2) is 0 Å². The van der Waals surface area contributed by atoms with E-state index in [4.69, 9.17) is 5.73 Å². The van der Waals surface area contributed by atoms with Crippen LogP contribution < -0.4 is 11.1 Å². The number of nitrogens with zero attached hydrogens (tertiary/aromatic N) is 2. The van der Waals surface area contributed by atoms with Crippen LogP contribution in [0.3, 0.4) is 0 Å². The normalized spacial score (nSPS) is 16.2. The zero-order valence-electron chi connectivity index (χ0n) is 9.73. The van der Waals surface area contributed by atoms with E-state index >= 15 is 0 Å². The Kier molecular flexibility index (Phi) is 2.85. The molecule has 1 fully saturated rings. The van der Waals surface area contributed by atoms with E-state index in [1.807, 2.05) is 13.8 Å². The predicted molar refractivity (Wildman–Crippen MR) is 62.1 cm³/mol. The van der Waals surface area contributed by atoms with Crippen molar-refractivity contribution in [3.05, 3.63) is 11.8 Å². The lowest BCUT2D eigenvalue weighted by Crippen LogP contribution is -2.40. The summed E-state index contributed by atoms with van der Waals surface area (Å²) in [6.07, 6.45) is 3.37. The van der Waals surface area contributed by atoms with E-state index in [-0.39, 0.29) is 11.9 Å². The van der Waals surface area contributed by atoms with Gasteiger partial charge in [0, 0.05) is 18.2 Å². The Morgan fingerprint density at radius 1 is 1.62 bits per heavy atom. The highest BCUT2D eigenvalue weighted by atomic mass is 16.2. The van der Waals surface area contributed by atoms with Crippen LogP contribution in [0.5, 0.6) is 0 Å². The lowest BCUT2D eigenvalue weighted by Gasteiger charge is -2.26. The van der Waals surface area contributed by atoms with Crippen molar-refractivity contribution in [3.63, 3.8) is 0 Å². The first kappa shape index (κ1) is 11.0. The van der Waals surface area contributed by atoms with Gasteiger partial charge >= 0.3 is 0 Å². The van der Waals surface area contributed by atoms with E-state index < -0.39 is 0 Å². The van der Waals surface area contributed by atoms with Gasteiger partial charge in [0.05, 0.1) is 0 Å². The molecule has 0 atom stereocenters. The molecule has 1 amide bonds. The second kappa shape index (κ2) is 4.15. The van der Waals surface area contributed by atoms with E-state index in [9.17, 15) is 4.79 Å². The van der Waals surface area contributed by atoms with Crippen LogP contribution in [0.2, 0.25) is 0 Å². The minimum atomic E-state index is -0.0670. The number of nitrogens with one attached hydrogen (secondary N) is 1. The fourth-order valence-corrected chi connectivity index (χ4v) is 1.79. The van der Waals surface area contributed by atoms with Crippen molar-refractivity contribution in [2.24, 2.45) is 0 Å². The lowest BCUT2D eigenvalue weighted by molar-refractivity contribution is 0.0904. The topological polar surface area (TPSA) is 72.9 Å². The summed E-state index contributed by atoms with van der Waals surface area (Å²) >= 11 is 0. The first-order chi connectivity index (χ1) is 7.58. The highest BCUT2D eigenvalue weighted by Gasteiger charge is 2.23. The predicted octanol–water partition coefficient (Wildman–Crippen LogP) is 1.33. The summed E-state index contributed by atoms with van der Waals surface area (Å²) < 4.78 is 1.67. The minimum absolute atomic E-state index is 0.0670. The van der Waals surface area contributed by atoms with E-state index in [0.29, 0.717) is 17.6 Å². The maximum absolute atomic E-state index is 12.0. The lowest BCUT2D eigenvalue weighted by atomic mass is 9.93. The summed E-state index contributed by atoms with van der Waals surface area (Å²) in [6.45, 7) is 3.96. The molecule has 0 spiro atoms. The van der Waals surface area contributed by atoms with Crippen molar-refractivity contribution in [1.82, 2.24) is 15.1 Å². The third-order valence-electron chi connectivity index (χ3n) is 2.92. The zero-order valence-corrected chi connectivity index (χ0v) is 9.73. The molecule has 1 saturated carbocycles. The summed E-state index contributed by atoms with van der Waals surface area (Å²) in [5, 5.41) is 7.10. The SMILES string of the molecule is CC(C)n1nc(N)cc1C(=O)NC1CCC1. The standard InChI is InChI=1S/C11H18N4O/c1-7(2)15-9(6-10(12)14-15)11(16)13-8-4-3-5-8/h6-8H,3-5H2,1-2H3,(H2,12,14)(H,13,16). The monoisotopic (exact) mass is 222 g/mol. The van der Waals surface area contributed by atoms with Gasteiger partial charge in [0.2, 0.25) is 0 Å². The molecule has 0 bridgehead atoms. The van der Waals surface area contributed by atoms with Gasteiger partial charge in [-0.2, -0.15) is 5.10 Å². The molecule has 0 radical (unpaired) electrons. The van der Waals surface area contributed by atoms with Crippen LogP contribution in [0, 0.1) is 0 Å². The van der Waals surface area contributed by atoms with Crippen molar-refractivity contribution >= 4 is 11.7 Å². The van der Waals surface area contributed by atoms with Crippen molar-refractivity contribution in [1.29, 1.82) is 0 Å². The van der Waals surface area contributed by atoms with Gasteiger partial charge in [0.25, 0.3) is 5.91 Å². The summed E-state index contributed by atoms with van der Waals surface area (Å²) in [6, 6.07) is 2.11. The van der Waals surface area contributed by atoms with Crippen LogP contribution in [0.4, 0.5) is 5.82 Å². The van der Waals surface area contributed by atoms with Crippen molar-refractivity contribution in [2.45, 2.75) is 45.2 Å². The third kappa shape index (κ3) is 2.03. The molecule has 3 N–H and O–H groups in total. The van der Waals surface area contributed by atoms with Gasteiger partial charge in [-0.3, -0.25) is 9.48 Å². The molecule has 5 nitrogen and oxygen atoms in total. The van der Waals surface area contributed by atoms with E-state index in [1.54, 1.807) is 10.7 Å². The number of nitrogens with two attached hydrogens (primary N) is 1. The number of nitrogen functional groups attached to an aromatic ring is 1. The van der Waals surface area contributed by atoms with Crippen LogP contribution in [0.25, 0.3) is 0 Å². The average molecular weight is 222 g/mol. The van der Waals surface area contributed by atoms with Gasteiger partial charge < -0.3 is 11.1 Å². The molecule has 1 heterocycles. The van der Waals surface area contributed by atoms with Crippen molar-refractivity contribution < 1.29 is 4.79 Å². The molecule has 1 aromatic rings. The van der Waals surface area contributed by atoms with Crippen LogP contribution in [-0.2, 0) is 0 Å². The quantitative estimate of drug-likeness (QED) is 0.810. The molecule has 1 aromatic heterocycles. The van der Waals surface area contributed by atoms with Crippen LogP contribution in [0.1, 0.15) is 49.6 Å². The number of hydrogen-bond acceptors (Lipinski definition) is 3. The molecule has 0 aromatic carbocycles. The number of rotatable bonds is 3. The van der Waals surface area contributed by atoms with Crippen LogP contribution in [-0.4, -0.2) is 21.7 Å². The Bertz CT molecular complexity index is 393. The number of amides is 1. The maximum Gasteiger partial charge on any atom is 0.269 e. The summed E-state index contributed by atoms with van der Waals surface area (Å²) in [4.78, 5) is 12.0. The Balaban J connectivity index is 2.14. The molecule has 2 rings (SSSR count). The Morgan fingerprint density at radius 2 is 2.31 bits per heavy atom. The fraction of sp³-hybridized carbons (Fsp3) is 0.636. The molecule has 16 heavy (non-hydrogen) atoms. The minimum Gasteiger partial charge on any atom is -0.382 e. The van der Waals surface area contributed by atoms with Gasteiger partial charge in [-0.15, -0.1) is 0 Å². The first-order valence-corrected chi connectivity index (χ1v) is 5.74. The summed E-state index contributed by atoms with van der Waals surface area (Å²) in [7, 11) is 0. The molecule has 5 heteroatoms.